The molecule has 0 unspecified atom stereocenters. The van der Waals surface area contributed by atoms with E-state index < -0.39 is 7.82 Å². The SMILES string of the molecule is CCOP(=O)(OCC)Oc1cc(C)c(Cl)c(C)c1. The summed E-state index contributed by atoms with van der Waals surface area (Å²) in [5.74, 6) is 0.430. The molecule has 0 fully saturated rings. The molecule has 0 bridgehead atoms. The third-order valence-electron chi connectivity index (χ3n) is 2.20. The molecule has 0 amide bonds. The van der Waals surface area contributed by atoms with Crippen LogP contribution in [0.3, 0.4) is 0 Å². The van der Waals surface area contributed by atoms with E-state index in [2.05, 4.69) is 0 Å². The van der Waals surface area contributed by atoms with E-state index in [0.717, 1.165) is 11.1 Å². The zero-order valence-electron chi connectivity index (χ0n) is 11.0. The van der Waals surface area contributed by atoms with Crippen molar-refractivity contribution in [1.29, 1.82) is 0 Å². The van der Waals surface area contributed by atoms with Gasteiger partial charge >= 0.3 is 7.82 Å². The largest absolute Gasteiger partial charge is 0.530 e. The van der Waals surface area contributed by atoms with Crippen molar-refractivity contribution in [3.8, 4) is 5.75 Å². The normalized spacial score (nSPS) is 11.6. The number of hydrogen-bond acceptors (Lipinski definition) is 4. The lowest BCUT2D eigenvalue weighted by Gasteiger charge is -2.18. The molecular weight excluding hydrogens is 275 g/mol. The molecule has 0 aliphatic carbocycles. The number of aryl methyl sites for hydroxylation is 2. The van der Waals surface area contributed by atoms with E-state index in [1.54, 1.807) is 26.0 Å². The fourth-order valence-corrected chi connectivity index (χ4v) is 2.78. The van der Waals surface area contributed by atoms with E-state index in [-0.39, 0.29) is 13.2 Å². The van der Waals surface area contributed by atoms with Gasteiger partial charge in [0.05, 0.1) is 13.2 Å². The van der Waals surface area contributed by atoms with Crippen LogP contribution in [0.4, 0.5) is 0 Å². The van der Waals surface area contributed by atoms with E-state index in [1.807, 2.05) is 13.8 Å². The number of rotatable bonds is 6. The van der Waals surface area contributed by atoms with Crippen molar-refractivity contribution in [1.82, 2.24) is 0 Å². The van der Waals surface area contributed by atoms with Crippen molar-refractivity contribution in [2.75, 3.05) is 13.2 Å². The van der Waals surface area contributed by atoms with Gasteiger partial charge in [0.15, 0.2) is 0 Å². The molecule has 1 rings (SSSR count). The molecule has 0 aliphatic heterocycles. The van der Waals surface area contributed by atoms with E-state index in [1.165, 1.54) is 0 Å². The van der Waals surface area contributed by atoms with E-state index in [0.29, 0.717) is 10.8 Å². The van der Waals surface area contributed by atoms with Crippen LogP contribution in [0.2, 0.25) is 5.02 Å². The maximum absolute atomic E-state index is 12.2. The van der Waals surface area contributed by atoms with Crippen LogP contribution in [0.25, 0.3) is 0 Å². The minimum atomic E-state index is -3.54. The average Bonchev–Trinajstić information content (AvgIpc) is 2.26. The smallest absolute Gasteiger partial charge is 0.404 e. The molecule has 1 aromatic carbocycles. The van der Waals surface area contributed by atoms with Gasteiger partial charge in [0.25, 0.3) is 0 Å². The Morgan fingerprint density at radius 1 is 1.11 bits per heavy atom. The number of halogens is 1. The van der Waals surface area contributed by atoms with E-state index in [4.69, 9.17) is 25.2 Å². The summed E-state index contributed by atoms with van der Waals surface area (Å²) in [5, 5.41) is 0.671. The van der Waals surface area contributed by atoms with Gasteiger partial charge in [0.1, 0.15) is 5.75 Å². The number of hydrogen-bond donors (Lipinski definition) is 0. The van der Waals surface area contributed by atoms with Gasteiger partial charge in [-0.2, -0.15) is 0 Å². The molecule has 0 atom stereocenters. The van der Waals surface area contributed by atoms with E-state index >= 15 is 0 Å². The molecule has 18 heavy (non-hydrogen) atoms. The molecule has 0 N–H and O–H groups in total. The van der Waals surface area contributed by atoms with Gasteiger partial charge < -0.3 is 4.52 Å². The molecule has 0 aromatic heterocycles. The van der Waals surface area contributed by atoms with Crippen LogP contribution in [-0.2, 0) is 13.6 Å². The molecule has 6 heteroatoms. The molecule has 4 nitrogen and oxygen atoms in total. The van der Waals surface area contributed by atoms with Gasteiger partial charge in [-0.05, 0) is 51.0 Å². The van der Waals surface area contributed by atoms with Gasteiger partial charge in [-0.15, -0.1) is 0 Å². The van der Waals surface area contributed by atoms with Gasteiger partial charge in [-0.25, -0.2) is 4.57 Å². The number of phosphoric acid groups is 1. The summed E-state index contributed by atoms with van der Waals surface area (Å²) in [4.78, 5) is 0. The number of benzene rings is 1. The highest BCUT2D eigenvalue weighted by atomic mass is 35.5. The van der Waals surface area contributed by atoms with Crippen molar-refractivity contribution in [2.45, 2.75) is 27.7 Å². The summed E-state index contributed by atoms with van der Waals surface area (Å²) in [6, 6.07) is 3.42. The van der Waals surface area contributed by atoms with Crippen molar-refractivity contribution >= 4 is 19.4 Å². The second kappa shape index (κ2) is 6.58. The van der Waals surface area contributed by atoms with Crippen LogP contribution in [0.1, 0.15) is 25.0 Å². The quantitative estimate of drug-likeness (QED) is 0.723. The van der Waals surface area contributed by atoms with Gasteiger partial charge in [0.2, 0.25) is 0 Å². The Morgan fingerprint density at radius 3 is 1.94 bits per heavy atom. The zero-order valence-corrected chi connectivity index (χ0v) is 12.7. The first-order valence-electron chi connectivity index (χ1n) is 5.77. The van der Waals surface area contributed by atoms with Crippen LogP contribution < -0.4 is 4.52 Å². The summed E-state index contributed by atoms with van der Waals surface area (Å²) in [5.41, 5.74) is 1.71. The molecular formula is C12H18ClO4P. The predicted molar refractivity (Wildman–Crippen MR) is 72.4 cm³/mol. The average molecular weight is 293 g/mol. The molecule has 102 valence electrons. The highest BCUT2D eigenvalue weighted by Gasteiger charge is 2.27. The Morgan fingerprint density at radius 2 is 1.56 bits per heavy atom. The molecule has 0 radical (unpaired) electrons. The highest BCUT2D eigenvalue weighted by Crippen LogP contribution is 2.49. The van der Waals surface area contributed by atoms with Crippen LogP contribution in [0, 0.1) is 13.8 Å². The summed E-state index contributed by atoms with van der Waals surface area (Å²) in [7, 11) is -3.54. The Labute approximate surface area is 113 Å². The lowest BCUT2D eigenvalue weighted by Crippen LogP contribution is -2.02. The van der Waals surface area contributed by atoms with Gasteiger partial charge in [-0.1, -0.05) is 11.6 Å². The monoisotopic (exact) mass is 292 g/mol. The molecule has 0 saturated carbocycles. The lowest BCUT2D eigenvalue weighted by atomic mass is 10.1. The lowest BCUT2D eigenvalue weighted by molar-refractivity contribution is 0.167. The molecule has 0 spiro atoms. The van der Waals surface area contributed by atoms with Crippen LogP contribution in [0.5, 0.6) is 5.75 Å². The summed E-state index contributed by atoms with van der Waals surface area (Å²) < 4.78 is 27.7. The minimum Gasteiger partial charge on any atom is -0.404 e. The predicted octanol–water partition coefficient (Wildman–Crippen LogP) is 4.52. The number of phosphoric ester groups is 1. The maximum Gasteiger partial charge on any atom is 0.530 e. The molecule has 0 aliphatic rings. The molecule has 0 heterocycles. The second-order valence-electron chi connectivity index (χ2n) is 3.75. The first kappa shape index (κ1) is 15.5. The molecule has 0 saturated heterocycles. The third-order valence-corrected chi connectivity index (χ3v) is 4.38. The van der Waals surface area contributed by atoms with Crippen molar-refractivity contribution < 1.29 is 18.1 Å². The highest BCUT2D eigenvalue weighted by molar-refractivity contribution is 7.48. The first-order chi connectivity index (χ1) is 8.41. The van der Waals surface area contributed by atoms with Crippen LogP contribution >= 0.6 is 19.4 Å². The van der Waals surface area contributed by atoms with Gasteiger partial charge in [-0.3, -0.25) is 9.05 Å². The summed E-state index contributed by atoms with van der Waals surface area (Å²) in [6.07, 6.45) is 0. The summed E-state index contributed by atoms with van der Waals surface area (Å²) >= 11 is 6.06. The standard InChI is InChI=1S/C12H18ClO4P/c1-5-15-18(14,16-6-2)17-11-7-9(3)12(13)10(4)8-11/h7-8H,5-6H2,1-4H3. The van der Waals surface area contributed by atoms with Crippen molar-refractivity contribution in [2.24, 2.45) is 0 Å². The van der Waals surface area contributed by atoms with Crippen LogP contribution in [-0.4, -0.2) is 13.2 Å². The fourth-order valence-electron chi connectivity index (χ4n) is 1.49. The Kier molecular flexibility index (Phi) is 5.67. The zero-order chi connectivity index (χ0) is 13.8. The Hall–Kier alpha value is -0.540. The second-order valence-corrected chi connectivity index (χ2v) is 5.72. The Balaban J connectivity index is 2.98. The summed E-state index contributed by atoms with van der Waals surface area (Å²) in [6.45, 7) is 7.68. The Bertz CT molecular complexity index is 428. The van der Waals surface area contributed by atoms with Crippen molar-refractivity contribution in [3.05, 3.63) is 28.3 Å². The van der Waals surface area contributed by atoms with Crippen LogP contribution in [0.15, 0.2) is 12.1 Å². The molecule has 1 aromatic rings. The fraction of sp³-hybridized carbons (Fsp3) is 0.500. The third kappa shape index (κ3) is 3.99. The first-order valence-corrected chi connectivity index (χ1v) is 7.61. The maximum atomic E-state index is 12.2. The topological polar surface area (TPSA) is 44.8 Å². The van der Waals surface area contributed by atoms with Gasteiger partial charge in [0, 0.05) is 5.02 Å². The minimum absolute atomic E-state index is 0.253. The van der Waals surface area contributed by atoms with E-state index in [9.17, 15) is 4.57 Å². The van der Waals surface area contributed by atoms with Crippen molar-refractivity contribution in [3.63, 3.8) is 0 Å².